The summed E-state index contributed by atoms with van der Waals surface area (Å²) in [5.74, 6) is 1.41. The molecule has 1 nitrogen and oxygen atoms in total. The minimum atomic E-state index is -0.00551. The molecule has 1 atom stereocenters. The van der Waals surface area contributed by atoms with Gasteiger partial charge < -0.3 is 5.11 Å². The van der Waals surface area contributed by atoms with Crippen LogP contribution in [-0.2, 0) is 0 Å². The average molecular weight is 198 g/mol. The quantitative estimate of drug-likeness (QED) is 0.713. The summed E-state index contributed by atoms with van der Waals surface area (Å²) in [6, 6.07) is 0. The summed E-state index contributed by atoms with van der Waals surface area (Å²) in [6.07, 6.45) is 10.1. The van der Waals surface area contributed by atoms with Gasteiger partial charge in [-0.25, -0.2) is 0 Å². The fourth-order valence-electron chi connectivity index (χ4n) is 2.49. The predicted molar refractivity (Wildman–Crippen MR) is 61.3 cm³/mol. The molecule has 1 aliphatic carbocycles. The molecular weight excluding hydrogens is 172 g/mol. The Kier molecular flexibility index (Phi) is 5.54. The molecular formula is C13H26O. The van der Waals surface area contributed by atoms with Gasteiger partial charge in [-0.2, -0.15) is 0 Å². The molecule has 0 heterocycles. The third kappa shape index (κ3) is 4.45. The molecule has 0 aromatic heterocycles. The van der Waals surface area contributed by atoms with E-state index in [4.69, 9.17) is 0 Å². The van der Waals surface area contributed by atoms with E-state index in [-0.39, 0.29) is 6.10 Å². The molecule has 0 radical (unpaired) electrons. The molecule has 0 aromatic rings. The van der Waals surface area contributed by atoms with Crippen molar-refractivity contribution in [2.24, 2.45) is 11.8 Å². The van der Waals surface area contributed by atoms with E-state index in [0.29, 0.717) is 5.92 Å². The Balaban J connectivity index is 2.10. The Morgan fingerprint density at radius 3 is 2.29 bits per heavy atom. The van der Waals surface area contributed by atoms with Gasteiger partial charge in [0.05, 0.1) is 6.10 Å². The van der Waals surface area contributed by atoms with Crippen LogP contribution in [0.1, 0.15) is 65.2 Å². The van der Waals surface area contributed by atoms with E-state index < -0.39 is 0 Å². The van der Waals surface area contributed by atoms with Crippen LogP contribution >= 0.6 is 0 Å². The molecule has 0 aromatic carbocycles. The largest absolute Gasteiger partial charge is 0.393 e. The number of aliphatic hydroxyl groups excluding tert-OH is 1. The van der Waals surface area contributed by atoms with Crippen LogP contribution in [-0.4, -0.2) is 11.2 Å². The van der Waals surface area contributed by atoms with Crippen LogP contribution in [0.15, 0.2) is 0 Å². The van der Waals surface area contributed by atoms with Gasteiger partial charge in [0.25, 0.3) is 0 Å². The first kappa shape index (κ1) is 12.0. The molecule has 1 heteroatoms. The van der Waals surface area contributed by atoms with E-state index in [9.17, 15) is 5.11 Å². The maximum Gasteiger partial charge on any atom is 0.0568 e. The fourth-order valence-corrected chi connectivity index (χ4v) is 2.49. The van der Waals surface area contributed by atoms with Crippen LogP contribution in [0, 0.1) is 11.8 Å². The maximum absolute atomic E-state index is 9.99. The van der Waals surface area contributed by atoms with Gasteiger partial charge in [-0.1, -0.05) is 46.0 Å². The van der Waals surface area contributed by atoms with Crippen LogP contribution in [0.3, 0.4) is 0 Å². The lowest BCUT2D eigenvalue weighted by atomic mass is 9.83. The maximum atomic E-state index is 9.99. The molecule has 0 amide bonds. The summed E-state index contributed by atoms with van der Waals surface area (Å²) in [7, 11) is 0. The first-order valence-corrected chi connectivity index (χ1v) is 6.38. The molecule has 1 rings (SSSR count). The number of aliphatic hydroxyl groups is 1. The monoisotopic (exact) mass is 198 g/mol. The van der Waals surface area contributed by atoms with E-state index in [2.05, 4.69) is 13.8 Å². The van der Waals surface area contributed by atoms with E-state index in [1.54, 1.807) is 0 Å². The standard InChI is InChI=1S/C13H26O/c1-11(2)7-6-10-13(14)12-8-4-3-5-9-12/h11-14H,3-10H2,1-2H3. The zero-order valence-corrected chi connectivity index (χ0v) is 9.84. The fraction of sp³-hybridized carbons (Fsp3) is 1.00. The van der Waals surface area contributed by atoms with Gasteiger partial charge in [-0.05, 0) is 31.1 Å². The molecule has 1 aliphatic rings. The summed E-state index contributed by atoms with van der Waals surface area (Å²) in [4.78, 5) is 0. The Labute approximate surface area is 88.9 Å². The van der Waals surface area contributed by atoms with Gasteiger partial charge in [0.1, 0.15) is 0 Å². The van der Waals surface area contributed by atoms with Crippen molar-refractivity contribution in [3.8, 4) is 0 Å². The Morgan fingerprint density at radius 2 is 1.71 bits per heavy atom. The Morgan fingerprint density at radius 1 is 1.07 bits per heavy atom. The van der Waals surface area contributed by atoms with Gasteiger partial charge in [-0.3, -0.25) is 0 Å². The van der Waals surface area contributed by atoms with Crippen molar-refractivity contribution >= 4 is 0 Å². The topological polar surface area (TPSA) is 20.2 Å². The third-order valence-corrected chi connectivity index (χ3v) is 3.48. The zero-order valence-electron chi connectivity index (χ0n) is 9.84. The minimum Gasteiger partial charge on any atom is -0.393 e. The summed E-state index contributed by atoms with van der Waals surface area (Å²) in [5, 5.41) is 9.99. The second kappa shape index (κ2) is 6.44. The van der Waals surface area contributed by atoms with Crippen LogP contribution in [0.5, 0.6) is 0 Å². The van der Waals surface area contributed by atoms with Gasteiger partial charge in [0, 0.05) is 0 Å². The summed E-state index contributed by atoms with van der Waals surface area (Å²) < 4.78 is 0. The van der Waals surface area contributed by atoms with Crippen molar-refractivity contribution in [2.75, 3.05) is 0 Å². The number of hydrogen-bond donors (Lipinski definition) is 1. The molecule has 0 bridgehead atoms. The molecule has 14 heavy (non-hydrogen) atoms. The first-order valence-electron chi connectivity index (χ1n) is 6.38. The van der Waals surface area contributed by atoms with E-state index in [0.717, 1.165) is 12.3 Å². The predicted octanol–water partition coefficient (Wildman–Crippen LogP) is 3.75. The van der Waals surface area contributed by atoms with Crippen molar-refractivity contribution in [1.29, 1.82) is 0 Å². The van der Waals surface area contributed by atoms with Crippen LogP contribution in [0.25, 0.3) is 0 Å². The molecule has 1 unspecified atom stereocenters. The summed E-state index contributed by atoms with van der Waals surface area (Å²) >= 11 is 0. The van der Waals surface area contributed by atoms with Gasteiger partial charge in [-0.15, -0.1) is 0 Å². The number of hydrogen-bond acceptors (Lipinski definition) is 1. The lowest BCUT2D eigenvalue weighted by Gasteiger charge is -2.26. The lowest BCUT2D eigenvalue weighted by Crippen LogP contribution is -2.22. The van der Waals surface area contributed by atoms with Crippen molar-refractivity contribution in [2.45, 2.75) is 71.3 Å². The lowest BCUT2D eigenvalue weighted by molar-refractivity contribution is 0.0741. The van der Waals surface area contributed by atoms with Gasteiger partial charge in [0.2, 0.25) is 0 Å². The molecule has 1 saturated carbocycles. The highest BCUT2D eigenvalue weighted by atomic mass is 16.3. The van der Waals surface area contributed by atoms with E-state index in [1.807, 2.05) is 0 Å². The third-order valence-electron chi connectivity index (χ3n) is 3.48. The average Bonchev–Trinajstić information content (AvgIpc) is 2.18. The van der Waals surface area contributed by atoms with Gasteiger partial charge in [0.15, 0.2) is 0 Å². The van der Waals surface area contributed by atoms with Crippen molar-refractivity contribution in [3.63, 3.8) is 0 Å². The minimum absolute atomic E-state index is 0.00551. The summed E-state index contributed by atoms with van der Waals surface area (Å²) in [6.45, 7) is 4.51. The molecule has 0 saturated heterocycles. The van der Waals surface area contributed by atoms with E-state index >= 15 is 0 Å². The second-order valence-electron chi connectivity index (χ2n) is 5.29. The molecule has 1 N–H and O–H groups in total. The van der Waals surface area contributed by atoms with Crippen molar-refractivity contribution in [1.82, 2.24) is 0 Å². The van der Waals surface area contributed by atoms with Crippen molar-refractivity contribution in [3.05, 3.63) is 0 Å². The van der Waals surface area contributed by atoms with Crippen LogP contribution in [0.4, 0.5) is 0 Å². The molecule has 84 valence electrons. The highest BCUT2D eigenvalue weighted by Gasteiger charge is 2.20. The zero-order chi connectivity index (χ0) is 10.4. The Bertz CT molecular complexity index is 136. The molecule has 1 fully saturated rings. The van der Waals surface area contributed by atoms with Gasteiger partial charge >= 0.3 is 0 Å². The Hall–Kier alpha value is -0.0400. The van der Waals surface area contributed by atoms with Crippen LogP contribution in [0.2, 0.25) is 0 Å². The normalized spacial score (nSPS) is 21.4. The highest BCUT2D eigenvalue weighted by Crippen LogP contribution is 2.28. The first-order chi connectivity index (χ1) is 6.70. The molecule has 0 aliphatic heterocycles. The summed E-state index contributed by atoms with van der Waals surface area (Å²) in [5.41, 5.74) is 0. The van der Waals surface area contributed by atoms with Crippen LogP contribution < -0.4 is 0 Å². The second-order valence-corrected chi connectivity index (χ2v) is 5.29. The van der Waals surface area contributed by atoms with Crippen molar-refractivity contribution < 1.29 is 5.11 Å². The highest BCUT2D eigenvalue weighted by molar-refractivity contribution is 4.73. The SMILES string of the molecule is CC(C)CCCC(O)C1CCCCC1. The van der Waals surface area contributed by atoms with E-state index in [1.165, 1.54) is 44.9 Å². The molecule has 0 spiro atoms. The smallest absolute Gasteiger partial charge is 0.0568 e. The number of rotatable bonds is 5.